The summed E-state index contributed by atoms with van der Waals surface area (Å²) in [4.78, 5) is 15.3. The van der Waals surface area contributed by atoms with E-state index >= 15 is 0 Å². The molecular formula is C13H20N2O3. The van der Waals surface area contributed by atoms with E-state index in [2.05, 4.69) is 10.3 Å². The standard InChI is InChI=1S/C13H20N2O3/c1-4-18-13(16)7-10(2)15-9-11-5-6-14-12(8-11)17-3/h5-6,8,10,15H,4,7,9H2,1-3H3. The van der Waals surface area contributed by atoms with Crippen molar-refractivity contribution in [1.82, 2.24) is 10.3 Å². The number of carbonyl (C=O) groups excluding carboxylic acids is 1. The van der Waals surface area contributed by atoms with Crippen LogP contribution in [0.5, 0.6) is 5.88 Å². The third kappa shape index (κ3) is 5.14. The first kappa shape index (κ1) is 14.4. The van der Waals surface area contributed by atoms with Gasteiger partial charge >= 0.3 is 5.97 Å². The molecule has 0 amide bonds. The topological polar surface area (TPSA) is 60.5 Å². The second-order valence-corrected chi connectivity index (χ2v) is 4.00. The van der Waals surface area contributed by atoms with Crippen molar-refractivity contribution < 1.29 is 14.3 Å². The zero-order chi connectivity index (χ0) is 13.4. The summed E-state index contributed by atoms with van der Waals surface area (Å²) in [6, 6.07) is 3.85. The molecule has 5 nitrogen and oxygen atoms in total. The fraction of sp³-hybridized carbons (Fsp3) is 0.538. The minimum absolute atomic E-state index is 0.0724. The van der Waals surface area contributed by atoms with Gasteiger partial charge in [0.2, 0.25) is 5.88 Å². The van der Waals surface area contributed by atoms with Gasteiger partial charge in [-0.1, -0.05) is 0 Å². The van der Waals surface area contributed by atoms with E-state index < -0.39 is 0 Å². The Balaban J connectivity index is 2.37. The molecule has 0 spiro atoms. The minimum atomic E-state index is -0.176. The summed E-state index contributed by atoms with van der Waals surface area (Å²) in [5.74, 6) is 0.414. The number of ether oxygens (including phenoxy) is 2. The summed E-state index contributed by atoms with van der Waals surface area (Å²) in [5, 5.41) is 3.26. The highest BCUT2D eigenvalue weighted by Gasteiger charge is 2.09. The van der Waals surface area contributed by atoms with E-state index in [0.717, 1.165) is 5.56 Å². The summed E-state index contributed by atoms with van der Waals surface area (Å²) in [6.45, 7) is 4.85. The van der Waals surface area contributed by atoms with Crippen molar-refractivity contribution in [2.24, 2.45) is 0 Å². The number of rotatable bonds is 7. The van der Waals surface area contributed by atoms with Crippen LogP contribution in [0.25, 0.3) is 0 Å². The normalized spacial score (nSPS) is 11.9. The van der Waals surface area contributed by atoms with Crippen LogP contribution in [0.15, 0.2) is 18.3 Å². The van der Waals surface area contributed by atoms with Crippen LogP contribution in [0, 0.1) is 0 Å². The number of nitrogens with zero attached hydrogens (tertiary/aromatic N) is 1. The zero-order valence-electron chi connectivity index (χ0n) is 11.1. The van der Waals surface area contributed by atoms with Crippen LogP contribution in [0.3, 0.4) is 0 Å². The quantitative estimate of drug-likeness (QED) is 0.746. The number of hydrogen-bond donors (Lipinski definition) is 1. The second-order valence-electron chi connectivity index (χ2n) is 4.00. The van der Waals surface area contributed by atoms with E-state index in [9.17, 15) is 4.79 Å². The van der Waals surface area contributed by atoms with Gasteiger partial charge in [-0.3, -0.25) is 4.79 Å². The van der Waals surface area contributed by atoms with Crippen molar-refractivity contribution in [3.63, 3.8) is 0 Å². The van der Waals surface area contributed by atoms with Crippen LogP contribution < -0.4 is 10.1 Å². The summed E-state index contributed by atoms with van der Waals surface area (Å²) in [7, 11) is 1.59. The van der Waals surface area contributed by atoms with Crippen LogP contribution in [-0.4, -0.2) is 30.7 Å². The summed E-state index contributed by atoms with van der Waals surface area (Å²) in [5.41, 5.74) is 1.07. The lowest BCUT2D eigenvalue weighted by molar-refractivity contribution is -0.143. The molecule has 0 saturated carbocycles. The Morgan fingerprint density at radius 1 is 1.56 bits per heavy atom. The molecule has 18 heavy (non-hydrogen) atoms. The van der Waals surface area contributed by atoms with Crippen molar-refractivity contribution in [2.45, 2.75) is 32.9 Å². The Morgan fingerprint density at radius 3 is 3.00 bits per heavy atom. The summed E-state index contributed by atoms with van der Waals surface area (Å²) >= 11 is 0. The average molecular weight is 252 g/mol. The highest BCUT2D eigenvalue weighted by Crippen LogP contribution is 2.08. The van der Waals surface area contributed by atoms with Crippen molar-refractivity contribution >= 4 is 5.97 Å². The van der Waals surface area contributed by atoms with E-state index in [0.29, 0.717) is 25.5 Å². The van der Waals surface area contributed by atoms with E-state index in [1.54, 1.807) is 20.2 Å². The molecule has 0 bridgehead atoms. The fourth-order valence-electron chi connectivity index (χ4n) is 1.51. The van der Waals surface area contributed by atoms with Crippen molar-refractivity contribution in [2.75, 3.05) is 13.7 Å². The highest BCUT2D eigenvalue weighted by atomic mass is 16.5. The average Bonchev–Trinajstić information content (AvgIpc) is 2.37. The van der Waals surface area contributed by atoms with E-state index in [1.807, 2.05) is 19.1 Å². The van der Waals surface area contributed by atoms with Crippen LogP contribution >= 0.6 is 0 Å². The molecule has 0 aliphatic rings. The molecular weight excluding hydrogens is 232 g/mol. The Morgan fingerprint density at radius 2 is 2.33 bits per heavy atom. The molecule has 0 aromatic carbocycles. The third-order valence-corrected chi connectivity index (χ3v) is 2.44. The third-order valence-electron chi connectivity index (χ3n) is 2.44. The Bertz CT molecular complexity index is 382. The maximum atomic E-state index is 11.3. The molecule has 1 aromatic rings. The number of hydrogen-bond acceptors (Lipinski definition) is 5. The molecule has 0 aliphatic heterocycles. The molecule has 1 aromatic heterocycles. The van der Waals surface area contributed by atoms with E-state index in [-0.39, 0.29) is 12.0 Å². The lowest BCUT2D eigenvalue weighted by atomic mass is 10.2. The van der Waals surface area contributed by atoms with Gasteiger partial charge in [0.25, 0.3) is 0 Å². The summed E-state index contributed by atoms with van der Waals surface area (Å²) < 4.78 is 9.94. The number of carbonyl (C=O) groups is 1. The molecule has 1 unspecified atom stereocenters. The maximum absolute atomic E-state index is 11.3. The molecule has 1 N–H and O–H groups in total. The lowest BCUT2D eigenvalue weighted by Gasteiger charge is -2.13. The van der Waals surface area contributed by atoms with Gasteiger partial charge in [0.15, 0.2) is 0 Å². The molecule has 1 rings (SSSR count). The second kappa shape index (κ2) is 7.66. The summed E-state index contributed by atoms with van der Waals surface area (Å²) in [6.07, 6.45) is 2.07. The maximum Gasteiger partial charge on any atom is 0.307 e. The van der Waals surface area contributed by atoms with Gasteiger partial charge in [-0.2, -0.15) is 0 Å². The minimum Gasteiger partial charge on any atom is -0.481 e. The number of esters is 1. The Labute approximate surface area is 108 Å². The predicted octanol–water partition coefficient (Wildman–Crippen LogP) is 1.52. The lowest BCUT2D eigenvalue weighted by Crippen LogP contribution is -2.28. The van der Waals surface area contributed by atoms with Crippen molar-refractivity contribution in [1.29, 1.82) is 0 Å². The van der Waals surface area contributed by atoms with Gasteiger partial charge < -0.3 is 14.8 Å². The Kier molecular flexibility index (Phi) is 6.14. The van der Waals surface area contributed by atoms with Gasteiger partial charge in [-0.15, -0.1) is 0 Å². The van der Waals surface area contributed by atoms with Gasteiger partial charge in [0.1, 0.15) is 0 Å². The molecule has 100 valence electrons. The van der Waals surface area contributed by atoms with Gasteiger partial charge in [0.05, 0.1) is 20.1 Å². The number of nitrogens with one attached hydrogen (secondary N) is 1. The van der Waals surface area contributed by atoms with E-state index in [4.69, 9.17) is 9.47 Å². The first-order valence-corrected chi connectivity index (χ1v) is 6.03. The van der Waals surface area contributed by atoms with Crippen LogP contribution in [0.1, 0.15) is 25.8 Å². The SMILES string of the molecule is CCOC(=O)CC(C)NCc1ccnc(OC)c1. The molecule has 1 atom stereocenters. The van der Waals surface area contributed by atoms with Gasteiger partial charge in [-0.25, -0.2) is 4.98 Å². The zero-order valence-corrected chi connectivity index (χ0v) is 11.1. The smallest absolute Gasteiger partial charge is 0.307 e. The first-order valence-electron chi connectivity index (χ1n) is 6.03. The van der Waals surface area contributed by atoms with Gasteiger partial charge in [-0.05, 0) is 25.5 Å². The highest BCUT2D eigenvalue weighted by molar-refractivity contribution is 5.69. The number of aromatic nitrogens is 1. The van der Waals surface area contributed by atoms with Crippen molar-refractivity contribution in [3.05, 3.63) is 23.9 Å². The predicted molar refractivity (Wildman–Crippen MR) is 68.3 cm³/mol. The molecule has 0 fully saturated rings. The molecule has 0 aliphatic carbocycles. The largest absolute Gasteiger partial charge is 0.481 e. The molecule has 0 saturated heterocycles. The first-order chi connectivity index (χ1) is 8.65. The van der Waals surface area contributed by atoms with E-state index in [1.165, 1.54) is 0 Å². The van der Waals surface area contributed by atoms with Gasteiger partial charge in [0, 0.05) is 24.8 Å². The Hall–Kier alpha value is -1.62. The molecule has 5 heteroatoms. The monoisotopic (exact) mass is 252 g/mol. The number of methoxy groups -OCH3 is 1. The molecule has 0 radical (unpaired) electrons. The van der Waals surface area contributed by atoms with Crippen LogP contribution in [-0.2, 0) is 16.1 Å². The van der Waals surface area contributed by atoms with Crippen LogP contribution in [0.4, 0.5) is 0 Å². The fourth-order valence-corrected chi connectivity index (χ4v) is 1.51. The number of pyridine rings is 1. The molecule has 1 heterocycles. The van der Waals surface area contributed by atoms with Crippen molar-refractivity contribution in [3.8, 4) is 5.88 Å². The van der Waals surface area contributed by atoms with Crippen LogP contribution in [0.2, 0.25) is 0 Å².